The van der Waals surface area contributed by atoms with Gasteiger partial charge in [-0.3, -0.25) is 4.79 Å². The Kier molecular flexibility index (Phi) is 4.32. The summed E-state index contributed by atoms with van der Waals surface area (Å²) in [5.41, 5.74) is 2.40. The predicted molar refractivity (Wildman–Crippen MR) is 86.8 cm³/mol. The Labute approximate surface area is 138 Å². The number of aldehydes is 1. The van der Waals surface area contributed by atoms with E-state index in [9.17, 15) is 18.0 Å². The van der Waals surface area contributed by atoms with Crippen molar-refractivity contribution < 1.29 is 18.0 Å². The zero-order valence-corrected chi connectivity index (χ0v) is 13.1. The molecule has 126 valence electrons. The third kappa shape index (κ3) is 3.01. The normalized spacial score (nSPS) is 17.5. The van der Waals surface area contributed by atoms with Crippen LogP contribution < -0.4 is 10.2 Å². The SMILES string of the molecule is CNC1Cc2c(C=O)cccc2N(c2ccc(C(F)(F)F)cc2)C1. The number of alkyl halides is 3. The fourth-order valence-electron chi connectivity index (χ4n) is 3.08. The van der Waals surface area contributed by atoms with E-state index >= 15 is 0 Å². The molecule has 0 bridgehead atoms. The van der Waals surface area contributed by atoms with Crippen molar-refractivity contribution in [2.75, 3.05) is 18.5 Å². The summed E-state index contributed by atoms with van der Waals surface area (Å²) >= 11 is 0. The molecule has 0 aliphatic carbocycles. The Hall–Kier alpha value is -2.34. The van der Waals surface area contributed by atoms with Crippen LogP contribution in [0.4, 0.5) is 24.5 Å². The van der Waals surface area contributed by atoms with Crippen LogP contribution >= 0.6 is 0 Å². The van der Waals surface area contributed by atoms with Gasteiger partial charge in [-0.05, 0) is 49.4 Å². The molecule has 0 saturated heterocycles. The Morgan fingerprint density at radius 3 is 2.46 bits per heavy atom. The van der Waals surface area contributed by atoms with Crippen LogP contribution in [0.3, 0.4) is 0 Å². The van der Waals surface area contributed by atoms with E-state index < -0.39 is 11.7 Å². The largest absolute Gasteiger partial charge is 0.416 e. The molecule has 1 unspecified atom stereocenters. The Morgan fingerprint density at radius 1 is 1.17 bits per heavy atom. The highest BCUT2D eigenvalue weighted by Crippen LogP contribution is 2.36. The third-order valence-corrected chi connectivity index (χ3v) is 4.37. The summed E-state index contributed by atoms with van der Waals surface area (Å²) in [4.78, 5) is 13.3. The first kappa shape index (κ1) is 16.5. The van der Waals surface area contributed by atoms with E-state index in [1.807, 2.05) is 18.0 Å². The molecule has 1 aliphatic heterocycles. The van der Waals surface area contributed by atoms with Gasteiger partial charge >= 0.3 is 6.18 Å². The monoisotopic (exact) mass is 334 g/mol. The van der Waals surface area contributed by atoms with Gasteiger partial charge in [0.15, 0.2) is 0 Å². The van der Waals surface area contributed by atoms with E-state index in [1.54, 1.807) is 12.1 Å². The van der Waals surface area contributed by atoms with E-state index in [2.05, 4.69) is 5.32 Å². The van der Waals surface area contributed by atoms with Crippen LogP contribution in [0.1, 0.15) is 21.5 Å². The molecule has 1 N–H and O–H groups in total. The first-order valence-corrected chi connectivity index (χ1v) is 7.63. The van der Waals surface area contributed by atoms with Crippen molar-refractivity contribution >= 4 is 17.7 Å². The lowest BCUT2D eigenvalue weighted by Gasteiger charge is -2.36. The second kappa shape index (κ2) is 6.28. The van der Waals surface area contributed by atoms with Crippen LogP contribution in [0.5, 0.6) is 0 Å². The van der Waals surface area contributed by atoms with Gasteiger partial charge in [-0.1, -0.05) is 12.1 Å². The second-order valence-corrected chi connectivity index (χ2v) is 5.81. The summed E-state index contributed by atoms with van der Waals surface area (Å²) in [6, 6.07) is 10.7. The molecule has 0 fully saturated rings. The Balaban J connectivity index is 2.03. The van der Waals surface area contributed by atoms with Gasteiger partial charge in [-0.25, -0.2) is 0 Å². The van der Waals surface area contributed by atoms with Crippen molar-refractivity contribution in [1.29, 1.82) is 0 Å². The number of carbonyl (C=O) groups excluding carboxylic acids is 1. The van der Waals surface area contributed by atoms with Crippen LogP contribution in [-0.4, -0.2) is 25.9 Å². The number of fused-ring (bicyclic) bond motifs is 1. The van der Waals surface area contributed by atoms with E-state index in [4.69, 9.17) is 0 Å². The molecule has 3 rings (SSSR count). The zero-order chi connectivity index (χ0) is 17.3. The maximum Gasteiger partial charge on any atom is 0.416 e. The molecule has 1 heterocycles. The molecular formula is C18H17F3N2O. The highest BCUT2D eigenvalue weighted by molar-refractivity contribution is 5.83. The summed E-state index contributed by atoms with van der Waals surface area (Å²) in [5.74, 6) is 0. The number of nitrogens with one attached hydrogen (secondary N) is 1. The topological polar surface area (TPSA) is 32.3 Å². The molecule has 0 saturated carbocycles. The average Bonchev–Trinajstić information content (AvgIpc) is 2.59. The number of nitrogens with zero attached hydrogens (tertiary/aromatic N) is 1. The number of anilines is 2. The van der Waals surface area contributed by atoms with Gasteiger partial charge in [0.2, 0.25) is 0 Å². The van der Waals surface area contributed by atoms with Gasteiger partial charge < -0.3 is 10.2 Å². The number of benzene rings is 2. The van der Waals surface area contributed by atoms with Crippen LogP contribution in [0, 0.1) is 0 Å². The summed E-state index contributed by atoms with van der Waals surface area (Å²) in [7, 11) is 1.84. The van der Waals surface area contributed by atoms with Gasteiger partial charge in [0, 0.05) is 29.5 Å². The molecule has 0 radical (unpaired) electrons. The van der Waals surface area contributed by atoms with Gasteiger partial charge in [-0.15, -0.1) is 0 Å². The van der Waals surface area contributed by atoms with Crippen molar-refractivity contribution in [1.82, 2.24) is 5.32 Å². The van der Waals surface area contributed by atoms with Crippen molar-refractivity contribution in [2.45, 2.75) is 18.6 Å². The van der Waals surface area contributed by atoms with Crippen LogP contribution in [0.15, 0.2) is 42.5 Å². The van der Waals surface area contributed by atoms with Crippen LogP contribution in [0.2, 0.25) is 0 Å². The maximum absolute atomic E-state index is 12.8. The van der Waals surface area contributed by atoms with E-state index in [0.717, 1.165) is 29.7 Å². The standard InChI is InChI=1S/C18H17F3N2O/c1-22-14-9-16-12(11-24)3-2-4-17(16)23(10-14)15-7-5-13(6-8-15)18(19,20)21/h2-8,11,14,22H,9-10H2,1H3. The molecule has 0 amide bonds. The fourth-order valence-corrected chi connectivity index (χ4v) is 3.08. The molecule has 6 heteroatoms. The summed E-state index contributed by atoms with van der Waals surface area (Å²) in [6.45, 7) is 0.622. The van der Waals surface area contributed by atoms with E-state index in [1.165, 1.54) is 12.1 Å². The predicted octanol–water partition coefficient (Wildman–Crippen LogP) is 3.80. The maximum atomic E-state index is 12.8. The van der Waals surface area contributed by atoms with Gasteiger partial charge in [0.1, 0.15) is 6.29 Å². The lowest BCUT2D eigenvalue weighted by atomic mass is 9.93. The molecule has 3 nitrogen and oxygen atoms in total. The smallest absolute Gasteiger partial charge is 0.340 e. The van der Waals surface area contributed by atoms with Crippen molar-refractivity contribution in [2.24, 2.45) is 0 Å². The third-order valence-electron chi connectivity index (χ3n) is 4.37. The van der Waals surface area contributed by atoms with Crippen molar-refractivity contribution in [3.8, 4) is 0 Å². The highest BCUT2D eigenvalue weighted by atomic mass is 19.4. The zero-order valence-electron chi connectivity index (χ0n) is 13.1. The first-order chi connectivity index (χ1) is 11.4. The summed E-state index contributed by atoms with van der Waals surface area (Å²) in [6.07, 6.45) is -2.82. The summed E-state index contributed by atoms with van der Waals surface area (Å²) in [5, 5.41) is 3.19. The lowest BCUT2D eigenvalue weighted by molar-refractivity contribution is -0.137. The molecule has 2 aromatic rings. The minimum Gasteiger partial charge on any atom is -0.340 e. The minimum absolute atomic E-state index is 0.112. The second-order valence-electron chi connectivity index (χ2n) is 5.81. The number of halogens is 3. The van der Waals surface area contributed by atoms with E-state index in [-0.39, 0.29) is 6.04 Å². The van der Waals surface area contributed by atoms with E-state index in [0.29, 0.717) is 24.2 Å². The highest BCUT2D eigenvalue weighted by Gasteiger charge is 2.31. The molecule has 1 atom stereocenters. The first-order valence-electron chi connectivity index (χ1n) is 7.63. The molecule has 24 heavy (non-hydrogen) atoms. The van der Waals surface area contributed by atoms with Gasteiger partial charge in [0.25, 0.3) is 0 Å². The summed E-state index contributed by atoms with van der Waals surface area (Å²) < 4.78 is 38.3. The van der Waals surface area contributed by atoms with Crippen LogP contribution in [0.25, 0.3) is 0 Å². The van der Waals surface area contributed by atoms with Crippen molar-refractivity contribution in [3.63, 3.8) is 0 Å². The minimum atomic E-state index is -4.35. The number of rotatable bonds is 3. The number of likely N-dealkylation sites (N-methyl/N-ethyl adjacent to an activating group) is 1. The Bertz CT molecular complexity index is 741. The Morgan fingerprint density at radius 2 is 1.88 bits per heavy atom. The molecule has 2 aromatic carbocycles. The van der Waals surface area contributed by atoms with Crippen molar-refractivity contribution in [3.05, 3.63) is 59.2 Å². The lowest BCUT2D eigenvalue weighted by Crippen LogP contribution is -2.43. The number of carbonyl (C=O) groups is 1. The van der Waals surface area contributed by atoms with Crippen LogP contribution in [-0.2, 0) is 12.6 Å². The quantitative estimate of drug-likeness (QED) is 0.867. The number of hydrogen-bond acceptors (Lipinski definition) is 3. The molecule has 0 aromatic heterocycles. The average molecular weight is 334 g/mol. The molecule has 1 aliphatic rings. The molecule has 0 spiro atoms. The molecular weight excluding hydrogens is 317 g/mol. The number of hydrogen-bond donors (Lipinski definition) is 1. The fraction of sp³-hybridized carbons (Fsp3) is 0.278. The van der Waals surface area contributed by atoms with Gasteiger partial charge in [-0.2, -0.15) is 13.2 Å². The van der Waals surface area contributed by atoms with Gasteiger partial charge in [0.05, 0.1) is 5.56 Å².